The van der Waals surface area contributed by atoms with Gasteiger partial charge in [-0.15, -0.1) is 11.8 Å². The first kappa shape index (κ1) is 30.8. The number of rotatable bonds is 12. The molecule has 0 spiro atoms. The van der Waals surface area contributed by atoms with Gasteiger partial charge in [-0.2, -0.15) is 9.36 Å². The Hall–Kier alpha value is -4.17. The SMILES string of the molecule is CC[n+]1c(N)cc(N)nc1SCC1=C(C(=O)O)N2C(=O)C(NC(=O)/C(=N\OC(C)CC(=O)O)c3nsc(N)n3)[C@H]2SC1. The summed E-state index contributed by atoms with van der Waals surface area (Å²) >= 11 is 3.32. The number of carboxylic acids is 2. The lowest BCUT2D eigenvalue weighted by Crippen LogP contribution is -2.71. The average Bonchev–Trinajstić information content (AvgIpc) is 3.34. The molecule has 3 atom stereocenters. The number of hydrogen-bond donors (Lipinski definition) is 6. The van der Waals surface area contributed by atoms with Gasteiger partial charge in [0, 0.05) is 23.0 Å². The molecule has 4 heterocycles. The quantitative estimate of drug-likeness (QED) is 0.0410. The van der Waals surface area contributed by atoms with Gasteiger partial charge in [-0.05, 0) is 31.2 Å². The minimum absolute atomic E-state index is 0.0417. The van der Waals surface area contributed by atoms with Crippen molar-refractivity contribution in [3.8, 4) is 0 Å². The number of nitrogens with zero attached hydrogens (tertiary/aromatic N) is 6. The summed E-state index contributed by atoms with van der Waals surface area (Å²) in [6, 6.07) is 0.448. The molecule has 2 aliphatic rings. The third-order valence-electron chi connectivity index (χ3n) is 5.95. The fourth-order valence-corrected chi connectivity index (χ4v) is 7.08. The van der Waals surface area contributed by atoms with Crippen LogP contribution in [-0.4, -0.2) is 87.9 Å². The van der Waals surface area contributed by atoms with Crippen LogP contribution < -0.4 is 27.1 Å². The number of carboxylic acid groups (broad SMARTS) is 2. The highest BCUT2D eigenvalue weighted by Gasteiger charge is 2.54. The lowest BCUT2D eigenvalue weighted by atomic mass is 10.0. The highest BCUT2D eigenvalue weighted by Crippen LogP contribution is 2.41. The topological polar surface area (TPSA) is 266 Å². The van der Waals surface area contributed by atoms with Gasteiger partial charge in [0.1, 0.15) is 23.2 Å². The van der Waals surface area contributed by atoms with Crippen molar-refractivity contribution >= 4 is 81.3 Å². The van der Waals surface area contributed by atoms with Crippen LogP contribution in [0.25, 0.3) is 0 Å². The van der Waals surface area contributed by atoms with E-state index in [1.807, 2.05) is 6.92 Å². The molecule has 0 radical (unpaired) electrons. The van der Waals surface area contributed by atoms with Crippen LogP contribution in [0.1, 0.15) is 26.1 Å². The van der Waals surface area contributed by atoms with Crippen molar-refractivity contribution in [1.82, 2.24) is 24.6 Å². The smallest absolute Gasteiger partial charge is 0.352 e. The molecular weight excluding hydrogens is 613 g/mol. The standard InChI is InChI=1S/C22H26N10O7S3/c1-3-31-11(24)5-10(23)26-22(31)41-7-9-6-40-19-14(18(36)32(19)15(9)20(37)38)27-17(35)13(16-28-21(25)42-30-16)29-39-8(2)4-12(33)34/h5,8,14,19H,3-4,6-7H2,1-2H3,(H8,23,24,25,27,28,30,33,34,35,37,38)/p+1/b29-13-/t8?,14?,19-/m1/s1. The summed E-state index contributed by atoms with van der Waals surface area (Å²) in [7, 11) is 0. The summed E-state index contributed by atoms with van der Waals surface area (Å²) in [5, 5.41) is 25.1. The number of nitrogens with one attached hydrogen (secondary N) is 1. The maximum atomic E-state index is 13.2. The van der Waals surface area contributed by atoms with Crippen LogP contribution in [0.15, 0.2) is 27.6 Å². The third kappa shape index (κ3) is 6.49. The Morgan fingerprint density at radius 1 is 1.31 bits per heavy atom. The van der Waals surface area contributed by atoms with Gasteiger partial charge < -0.3 is 37.6 Å². The van der Waals surface area contributed by atoms with Crippen LogP contribution in [0.4, 0.5) is 16.8 Å². The first-order valence-corrected chi connectivity index (χ1v) is 15.1. The monoisotopic (exact) mass is 639 g/mol. The molecular formula is C22H27N10O7S3+. The van der Waals surface area contributed by atoms with E-state index in [0.717, 1.165) is 16.4 Å². The summed E-state index contributed by atoms with van der Waals surface area (Å²) in [6.45, 7) is 3.84. The van der Waals surface area contributed by atoms with Crippen molar-refractivity contribution in [2.24, 2.45) is 5.16 Å². The molecule has 9 N–H and O–H groups in total. The largest absolute Gasteiger partial charge is 0.481 e. The first-order chi connectivity index (χ1) is 19.9. The molecule has 42 heavy (non-hydrogen) atoms. The number of anilines is 3. The number of β-lactam (4-membered cyclic amide) rings is 1. The zero-order chi connectivity index (χ0) is 30.7. The number of oxime groups is 1. The van der Waals surface area contributed by atoms with Crippen molar-refractivity contribution in [3.63, 3.8) is 0 Å². The maximum Gasteiger partial charge on any atom is 0.352 e. The van der Waals surface area contributed by atoms with E-state index in [1.165, 1.54) is 36.5 Å². The van der Waals surface area contributed by atoms with Gasteiger partial charge in [-0.3, -0.25) is 19.3 Å². The molecule has 2 aromatic rings. The predicted octanol–water partition coefficient (Wildman–Crippen LogP) is -0.898. The number of carbonyl (C=O) groups is 4. The van der Waals surface area contributed by atoms with Crippen molar-refractivity contribution in [1.29, 1.82) is 0 Å². The minimum atomic E-state index is -1.29. The van der Waals surface area contributed by atoms with Crippen LogP contribution in [-0.2, 0) is 30.6 Å². The van der Waals surface area contributed by atoms with Gasteiger partial charge in [0.15, 0.2) is 5.13 Å². The van der Waals surface area contributed by atoms with E-state index in [4.69, 9.17) is 27.1 Å². The second kappa shape index (κ2) is 12.8. The zero-order valence-electron chi connectivity index (χ0n) is 22.2. The molecule has 0 aliphatic carbocycles. The first-order valence-electron chi connectivity index (χ1n) is 12.3. The van der Waals surface area contributed by atoms with Gasteiger partial charge in [0.25, 0.3) is 11.8 Å². The van der Waals surface area contributed by atoms with Gasteiger partial charge >= 0.3 is 17.1 Å². The Morgan fingerprint density at radius 2 is 2.05 bits per heavy atom. The third-order valence-corrected chi connectivity index (χ3v) is 8.89. The fraction of sp³-hybridized carbons (Fsp3) is 0.409. The van der Waals surface area contributed by atoms with Crippen LogP contribution >= 0.6 is 35.1 Å². The van der Waals surface area contributed by atoms with E-state index in [-0.39, 0.29) is 40.4 Å². The number of aliphatic carboxylic acids is 2. The molecule has 4 rings (SSSR count). The molecule has 1 fully saturated rings. The summed E-state index contributed by atoms with van der Waals surface area (Å²) in [5.74, 6) is -3.02. The van der Waals surface area contributed by atoms with E-state index in [1.54, 1.807) is 4.57 Å². The molecule has 20 heteroatoms. The second-order valence-electron chi connectivity index (χ2n) is 8.95. The zero-order valence-corrected chi connectivity index (χ0v) is 24.7. The lowest BCUT2D eigenvalue weighted by Gasteiger charge is -2.49. The molecule has 2 aromatic heterocycles. The summed E-state index contributed by atoms with van der Waals surface area (Å²) < 4.78 is 5.68. The number of amides is 2. The Balaban J connectivity index is 1.51. The van der Waals surface area contributed by atoms with Crippen molar-refractivity contribution in [3.05, 3.63) is 23.2 Å². The number of fused-ring (bicyclic) bond motifs is 1. The number of hydrogen-bond acceptors (Lipinski definition) is 15. The fourth-order valence-electron chi connectivity index (χ4n) is 4.07. The van der Waals surface area contributed by atoms with E-state index >= 15 is 0 Å². The predicted molar refractivity (Wildman–Crippen MR) is 153 cm³/mol. The van der Waals surface area contributed by atoms with Crippen molar-refractivity contribution in [2.45, 2.75) is 49.5 Å². The summed E-state index contributed by atoms with van der Waals surface area (Å²) in [6.07, 6.45) is -1.27. The maximum absolute atomic E-state index is 13.2. The Morgan fingerprint density at radius 3 is 2.67 bits per heavy atom. The van der Waals surface area contributed by atoms with Gasteiger partial charge in [0.05, 0.1) is 19.0 Å². The van der Waals surface area contributed by atoms with Crippen LogP contribution in [0.3, 0.4) is 0 Å². The molecule has 2 aliphatic heterocycles. The van der Waals surface area contributed by atoms with Gasteiger partial charge in [0.2, 0.25) is 23.2 Å². The molecule has 2 unspecified atom stereocenters. The number of carbonyl (C=O) groups excluding carboxylic acids is 2. The van der Waals surface area contributed by atoms with E-state index in [9.17, 15) is 24.3 Å². The molecule has 224 valence electrons. The molecule has 2 amide bonds. The average molecular weight is 640 g/mol. The summed E-state index contributed by atoms with van der Waals surface area (Å²) in [4.78, 5) is 64.0. The van der Waals surface area contributed by atoms with E-state index in [2.05, 4.69) is 24.8 Å². The van der Waals surface area contributed by atoms with E-state index in [0.29, 0.717) is 23.1 Å². The van der Waals surface area contributed by atoms with Crippen molar-refractivity contribution < 1.29 is 38.8 Å². The molecule has 0 saturated carbocycles. The second-order valence-corrected chi connectivity index (χ2v) is 11.8. The van der Waals surface area contributed by atoms with Gasteiger partial charge in [-0.1, -0.05) is 10.1 Å². The number of nitrogens with two attached hydrogens (primary N) is 3. The van der Waals surface area contributed by atoms with Crippen LogP contribution in [0.5, 0.6) is 0 Å². The highest BCUT2D eigenvalue weighted by molar-refractivity contribution is 8.01. The highest BCUT2D eigenvalue weighted by atomic mass is 32.2. The van der Waals surface area contributed by atoms with E-state index < -0.39 is 47.0 Å². The van der Waals surface area contributed by atoms with Gasteiger partial charge in [-0.25, -0.2) is 9.36 Å². The normalized spacial score (nSPS) is 19.1. The lowest BCUT2D eigenvalue weighted by molar-refractivity contribution is -0.719. The number of thioether (sulfide) groups is 2. The minimum Gasteiger partial charge on any atom is -0.481 e. The molecule has 1 saturated heterocycles. The number of aromatic nitrogens is 4. The Bertz CT molecular complexity index is 1500. The number of nitrogen functional groups attached to an aromatic ring is 3. The van der Waals surface area contributed by atoms with Crippen molar-refractivity contribution in [2.75, 3.05) is 28.7 Å². The Kier molecular flexibility index (Phi) is 9.36. The molecule has 0 aromatic carbocycles. The Labute approximate surface area is 250 Å². The van der Waals surface area contributed by atoms with Crippen LogP contribution in [0.2, 0.25) is 0 Å². The van der Waals surface area contributed by atoms with Crippen LogP contribution in [0, 0.1) is 0 Å². The molecule has 0 bridgehead atoms. The molecule has 17 nitrogen and oxygen atoms in total. The summed E-state index contributed by atoms with van der Waals surface area (Å²) in [5.41, 5.74) is 17.4.